The Morgan fingerprint density at radius 3 is 2.75 bits per heavy atom. The molecule has 9 nitrogen and oxygen atoms in total. The monoisotopic (exact) mass is 382 g/mol. The van der Waals surface area contributed by atoms with Crippen molar-refractivity contribution in [2.75, 3.05) is 19.0 Å². The second-order valence-electron chi connectivity index (χ2n) is 5.86. The molecule has 28 heavy (non-hydrogen) atoms. The van der Waals surface area contributed by atoms with Crippen molar-refractivity contribution in [3.63, 3.8) is 0 Å². The molecule has 0 saturated carbocycles. The third kappa shape index (κ3) is 3.68. The van der Waals surface area contributed by atoms with E-state index in [2.05, 4.69) is 15.3 Å². The molecule has 2 heterocycles. The van der Waals surface area contributed by atoms with E-state index in [1.54, 1.807) is 19.1 Å². The van der Waals surface area contributed by atoms with E-state index in [0.29, 0.717) is 22.4 Å². The first-order valence-corrected chi connectivity index (χ1v) is 8.47. The number of benzene rings is 1. The Kier molecular flexibility index (Phi) is 5.35. The van der Waals surface area contributed by atoms with Crippen molar-refractivity contribution in [3.05, 3.63) is 57.9 Å². The van der Waals surface area contributed by atoms with Crippen molar-refractivity contribution in [3.8, 4) is 5.75 Å². The summed E-state index contributed by atoms with van der Waals surface area (Å²) in [6, 6.07) is 7.77. The van der Waals surface area contributed by atoms with Gasteiger partial charge in [-0.3, -0.25) is 10.1 Å². The van der Waals surface area contributed by atoms with Crippen molar-refractivity contribution in [2.24, 2.45) is 0 Å². The second-order valence-corrected chi connectivity index (χ2v) is 5.86. The summed E-state index contributed by atoms with van der Waals surface area (Å²) in [6.07, 6.45) is 1.40. The largest absolute Gasteiger partial charge is 0.494 e. The number of nitro groups is 1. The zero-order valence-electron chi connectivity index (χ0n) is 15.6. The molecule has 3 aromatic rings. The topological polar surface area (TPSA) is 116 Å². The van der Waals surface area contributed by atoms with Gasteiger partial charge in [-0.25, -0.2) is 14.8 Å². The highest BCUT2D eigenvalue weighted by Crippen LogP contribution is 2.35. The molecule has 0 fully saturated rings. The number of methoxy groups -OCH3 is 1. The number of aryl methyl sites for hydroxylation is 1. The van der Waals surface area contributed by atoms with E-state index in [1.807, 2.05) is 6.92 Å². The number of ether oxygens (including phenoxy) is 2. The standard InChI is InChI=1S/C19H18N4O5/c1-4-28-19(24)14-10-20-18-13(7-5-11(2)21-18)17(14)22-15-8-6-12(23(25)26)9-16(15)27-3/h5-10H,4H2,1-3H3,(H,20,21,22). The predicted octanol–water partition coefficient (Wildman–Crippen LogP) is 3.78. The number of fused-ring (bicyclic) bond motifs is 1. The molecule has 0 radical (unpaired) electrons. The molecule has 0 atom stereocenters. The highest BCUT2D eigenvalue weighted by atomic mass is 16.6. The lowest BCUT2D eigenvalue weighted by Gasteiger charge is -2.16. The summed E-state index contributed by atoms with van der Waals surface area (Å²) in [5.41, 5.74) is 2.24. The van der Waals surface area contributed by atoms with Crippen molar-refractivity contribution in [1.29, 1.82) is 0 Å². The van der Waals surface area contributed by atoms with E-state index < -0.39 is 10.9 Å². The SMILES string of the molecule is CCOC(=O)c1cnc2nc(C)ccc2c1Nc1ccc([N+](=O)[O-])cc1OC. The molecule has 0 aliphatic rings. The van der Waals surface area contributed by atoms with Gasteiger partial charge in [0.05, 0.1) is 36.1 Å². The van der Waals surface area contributed by atoms with Gasteiger partial charge in [-0.1, -0.05) is 0 Å². The molecule has 0 aliphatic heterocycles. The Bertz CT molecular complexity index is 1070. The Balaban J connectivity index is 2.16. The van der Waals surface area contributed by atoms with Crippen LogP contribution in [0.1, 0.15) is 23.0 Å². The number of anilines is 2. The lowest BCUT2D eigenvalue weighted by Crippen LogP contribution is -2.10. The summed E-state index contributed by atoms with van der Waals surface area (Å²) in [5.74, 6) is -0.283. The van der Waals surface area contributed by atoms with Gasteiger partial charge in [0.15, 0.2) is 5.65 Å². The Morgan fingerprint density at radius 1 is 1.29 bits per heavy atom. The molecule has 144 valence electrons. The summed E-state index contributed by atoms with van der Waals surface area (Å²) in [6.45, 7) is 3.76. The van der Waals surface area contributed by atoms with Crippen LogP contribution in [0.4, 0.5) is 17.1 Å². The lowest BCUT2D eigenvalue weighted by atomic mass is 10.1. The molecular weight excluding hydrogens is 364 g/mol. The van der Waals surface area contributed by atoms with Crippen LogP contribution in [0.25, 0.3) is 11.0 Å². The van der Waals surface area contributed by atoms with Gasteiger partial charge in [0.25, 0.3) is 5.69 Å². The van der Waals surface area contributed by atoms with Gasteiger partial charge in [0.1, 0.15) is 11.3 Å². The summed E-state index contributed by atoms with van der Waals surface area (Å²) in [5, 5.41) is 14.8. The maximum Gasteiger partial charge on any atom is 0.341 e. The van der Waals surface area contributed by atoms with Gasteiger partial charge in [-0.15, -0.1) is 0 Å². The Morgan fingerprint density at radius 2 is 2.07 bits per heavy atom. The number of aromatic nitrogens is 2. The van der Waals surface area contributed by atoms with E-state index in [0.717, 1.165) is 5.69 Å². The van der Waals surface area contributed by atoms with E-state index in [9.17, 15) is 14.9 Å². The third-order valence-corrected chi connectivity index (χ3v) is 4.02. The number of hydrogen-bond donors (Lipinski definition) is 1. The molecule has 1 aromatic carbocycles. The van der Waals surface area contributed by atoms with Crippen LogP contribution in [-0.2, 0) is 4.74 Å². The highest BCUT2D eigenvalue weighted by Gasteiger charge is 2.20. The first kappa shape index (κ1) is 19.0. The number of nitrogens with zero attached hydrogens (tertiary/aromatic N) is 3. The molecule has 0 bridgehead atoms. The van der Waals surface area contributed by atoms with E-state index in [-0.39, 0.29) is 23.6 Å². The van der Waals surface area contributed by atoms with Crippen molar-refractivity contribution in [2.45, 2.75) is 13.8 Å². The lowest BCUT2D eigenvalue weighted by molar-refractivity contribution is -0.384. The van der Waals surface area contributed by atoms with Crippen LogP contribution in [-0.4, -0.2) is 34.6 Å². The first-order chi connectivity index (χ1) is 13.4. The first-order valence-electron chi connectivity index (χ1n) is 8.47. The average molecular weight is 382 g/mol. The Labute approximate surface area is 160 Å². The molecule has 0 amide bonds. The van der Waals surface area contributed by atoms with E-state index in [1.165, 1.54) is 31.5 Å². The fraction of sp³-hybridized carbons (Fsp3) is 0.211. The van der Waals surface area contributed by atoms with Crippen LogP contribution < -0.4 is 10.1 Å². The molecule has 9 heteroatoms. The number of non-ortho nitro benzene ring substituents is 1. The summed E-state index contributed by atoms with van der Waals surface area (Å²) in [4.78, 5) is 31.6. The molecule has 3 rings (SSSR count). The van der Waals surface area contributed by atoms with Crippen LogP contribution >= 0.6 is 0 Å². The van der Waals surface area contributed by atoms with Gasteiger partial charge >= 0.3 is 5.97 Å². The number of hydrogen-bond acceptors (Lipinski definition) is 8. The van der Waals surface area contributed by atoms with Gasteiger partial charge in [0.2, 0.25) is 0 Å². The van der Waals surface area contributed by atoms with Crippen LogP contribution in [0.15, 0.2) is 36.5 Å². The highest BCUT2D eigenvalue weighted by molar-refractivity contribution is 6.05. The molecule has 0 unspecified atom stereocenters. The number of nitrogens with one attached hydrogen (secondary N) is 1. The van der Waals surface area contributed by atoms with E-state index in [4.69, 9.17) is 9.47 Å². The average Bonchev–Trinajstić information content (AvgIpc) is 2.68. The minimum absolute atomic E-state index is 0.107. The summed E-state index contributed by atoms with van der Waals surface area (Å²) in [7, 11) is 1.41. The number of carbonyl (C=O) groups excluding carboxylic acids is 1. The fourth-order valence-corrected chi connectivity index (χ4v) is 2.70. The quantitative estimate of drug-likeness (QED) is 0.389. The summed E-state index contributed by atoms with van der Waals surface area (Å²) >= 11 is 0. The van der Waals surface area contributed by atoms with E-state index >= 15 is 0 Å². The predicted molar refractivity (Wildman–Crippen MR) is 103 cm³/mol. The second kappa shape index (κ2) is 7.87. The van der Waals surface area contributed by atoms with Crippen molar-refractivity contribution < 1.29 is 19.2 Å². The zero-order valence-corrected chi connectivity index (χ0v) is 15.6. The number of carbonyl (C=O) groups is 1. The molecule has 0 saturated heterocycles. The smallest absolute Gasteiger partial charge is 0.341 e. The van der Waals surface area contributed by atoms with Crippen LogP contribution in [0.2, 0.25) is 0 Å². The van der Waals surface area contributed by atoms with Crippen LogP contribution in [0, 0.1) is 17.0 Å². The summed E-state index contributed by atoms with van der Waals surface area (Å²) < 4.78 is 10.4. The van der Waals surface area contributed by atoms with Crippen LogP contribution in [0.5, 0.6) is 5.75 Å². The molecule has 0 aliphatic carbocycles. The normalized spacial score (nSPS) is 10.5. The fourth-order valence-electron chi connectivity index (χ4n) is 2.70. The third-order valence-electron chi connectivity index (χ3n) is 4.02. The Hall–Kier alpha value is -3.75. The number of rotatable bonds is 6. The van der Waals surface area contributed by atoms with Gasteiger partial charge < -0.3 is 14.8 Å². The minimum atomic E-state index is -0.541. The van der Waals surface area contributed by atoms with Gasteiger partial charge in [-0.05, 0) is 32.0 Å². The number of nitro benzene ring substituents is 1. The minimum Gasteiger partial charge on any atom is -0.494 e. The molecular formula is C19H18N4O5. The van der Waals surface area contributed by atoms with Gasteiger partial charge in [0, 0.05) is 23.3 Å². The zero-order chi connectivity index (χ0) is 20.3. The maximum absolute atomic E-state index is 12.4. The van der Waals surface area contributed by atoms with Crippen molar-refractivity contribution in [1.82, 2.24) is 9.97 Å². The molecule has 2 aromatic heterocycles. The van der Waals surface area contributed by atoms with Gasteiger partial charge in [-0.2, -0.15) is 0 Å². The van der Waals surface area contributed by atoms with Crippen molar-refractivity contribution >= 4 is 34.1 Å². The number of esters is 1. The molecule has 0 spiro atoms. The molecule has 1 N–H and O–H groups in total. The van der Waals surface area contributed by atoms with Crippen LogP contribution in [0.3, 0.4) is 0 Å². The number of pyridine rings is 2. The maximum atomic E-state index is 12.4.